The van der Waals surface area contributed by atoms with E-state index in [9.17, 15) is 9.59 Å². The van der Waals surface area contributed by atoms with Gasteiger partial charge >= 0.3 is 0 Å². The summed E-state index contributed by atoms with van der Waals surface area (Å²) in [7, 11) is 0. The molecule has 31 heavy (non-hydrogen) atoms. The average Bonchev–Trinajstić information content (AvgIpc) is 3.33. The molecule has 0 aliphatic carbocycles. The molecule has 2 aromatic carbocycles. The Morgan fingerprint density at radius 2 is 1.81 bits per heavy atom. The highest BCUT2D eigenvalue weighted by Crippen LogP contribution is 2.18. The van der Waals surface area contributed by atoms with Gasteiger partial charge in [0.25, 0.3) is 5.56 Å². The number of aryl methyl sites for hydroxylation is 3. The van der Waals surface area contributed by atoms with Crippen molar-refractivity contribution >= 4 is 28.3 Å². The zero-order valence-corrected chi connectivity index (χ0v) is 18.3. The highest BCUT2D eigenvalue weighted by molar-refractivity contribution is 7.10. The highest BCUT2D eigenvalue weighted by atomic mass is 32.1. The number of carbonyl (C=O) groups excluding carboxylic acids is 1. The van der Waals surface area contributed by atoms with E-state index in [1.54, 1.807) is 15.9 Å². The SMILES string of the molecule is C[C@@H](NC(=O)CCc1nc2ccccc2n(CCc2ccccc2)c1=O)c1cccs1. The van der Waals surface area contributed by atoms with Crippen LogP contribution in [0, 0.1) is 0 Å². The van der Waals surface area contributed by atoms with Crippen molar-refractivity contribution in [3.05, 3.63) is 98.6 Å². The second kappa shape index (κ2) is 9.71. The van der Waals surface area contributed by atoms with Crippen LogP contribution in [0.2, 0.25) is 0 Å². The van der Waals surface area contributed by atoms with Gasteiger partial charge in [0.2, 0.25) is 5.91 Å². The Morgan fingerprint density at radius 1 is 1.03 bits per heavy atom. The Morgan fingerprint density at radius 3 is 2.58 bits per heavy atom. The van der Waals surface area contributed by atoms with Crippen LogP contribution in [-0.4, -0.2) is 15.5 Å². The van der Waals surface area contributed by atoms with Crippen molar-refractivity contribution in [2.24, 2.45) is 0 Å². The lowest BCUT2D eigenvalue weighted by molar-refractivity contribution is -0.121. The summed E-state index contributed by atoms with van der Waals surface area (Å²) in [5, 5.41) is 5.00. The van der Waals surface area contributed by atoms with Gasteiger partial charge in [0.1, 0.15) is 5.69 Å². The molecular formula is C25H25N3O2S. The predicted molar refractivity (Wildman–Crippen MR) is 125 cm³/mol. The number of rotatable bonds is 8. The first-order chi connectivity index (χ1) is 15.1. The van der Waals surface area contributed by atoms with E-state index in [4.69, 9.17) is 0 Å². The van der Waals surface area contributed by atoms with Gasteiger partial charge in [-0.2, -0.15) is 0 Å². The number of nitrogens with zero attached hydrogens (tertiary/aromatic N) is 2. The normalized spacial score (nSPS) is 12.0. The molecule has 0 bridgehead atoms. The molecule has 2 aromatic heterocycles. The molecule has 4 aromatic rings. The van der Waals surface area contributed by atoms with Crippen LogP contribution in [0.1, 0.15) is 35.5 Å². The molecule has 1 amide bonds. The molecule has 0 aliphatic rings. The molecule has 5 nitrogen and oxygen atoms in total. The fraction of sp³-hybridized carbons (Fsp3) is 0.240. The molecule has 1 atom stereocenters. The van der Waals surface area contributed by atoms with Gasteiger partial charge in [-0.25, -0.2) is 4.98 Å². The maximum atomic E-state index is 13.2. The molecule has 2 heterocycles. The summed E-state index contributed by atoms with van der Waals surface area (Å²) in [6.45, 7) is 2.54. The molecule has 1 N–H and O–H groups in total. The number of hydrogen-bond acceptors (Lipinski definition) is 4. The van der Waals surface area contributed by atoms with Crippen LogP contribution in [0.25, 0.3) is 11.0 Å². The average molecular weight is 432 g/mol. The fourth-order valence-electron chi connectivity index (χ4n) is 3.67. The number of hydrogen-bond donors (Lipinski definition) is 1. The molecule has 0 saturated carbocycles. The van der Waals surface area contributed by atoms with Gasteiger partial charge in [-0.05, 0) is 42.5 Å². The van der Waals surface area contributed by atoms with Crippen molar-refractivity contribution in [1.82, 2.24) is 14.9 Å². The van der Waals surface area contributed by atoms with Crippen molar-refractivity contribution in [2.45, 2.75) is 38.8 Å². The Hall–Kier alpha value is -3.25. The van der Waals surface area contributed by atoms with Crippen molar-refractivity contribution in [3.63, 3.8) is 0 Å². The topological polar surface area (TPSA) is 64.0 Å². The minimum absolute atomic E-state index is 0.0420. The summed E-state index contributed by atoms with van der Waals surface area (Å²) in [4.78, 5) is 31.3. The van der Waals surface area contributed by atoms with Gasteiger partial charge in [-0.15, -0.1) is 11.3 Å². The van der Waals surface area contributed by atoms with Gasteiger partial charge in [0.15, 0.2) is 0 Å². The van der Waals surface area contributed by atoms with Gasteiger partial charge in [-0.1, -0.05) is 48.5 Å². The fourth-order valence-corrected chi connectivity index (χ4v) is 4.40. The first-order valence-electron chi connectivity index (χ1n) is 10.5. The van der Waals surface area contributed by atoms with Crippen LogP contribution in [0.5, 0.6) is 0 Å². The van der Waals surface area contributed by atoms with Crippen molar-refractivity contribution < 1.29 is 4.79 Å². The van der Waals surface area contributed by atoms with Crippen LogP contribution in [0.4, 0.5) is 0 Å². The maximum Gasteiger partial charge on any atom is 0.272 e. The summed E-state index contributed by atoms with van der Waals surface area (Å²) < 4.78 is 1.79. The quantitative estimate of drug-likeness (QED) is 0.446. The Bertz CT molecular complexity index is 1220. The third-order valence-corrected chi connectivity index (χ3v) is 6.38. The standard InChI is InChI=1S/C25H25N3O2S/c1-18(23-12-7-17-31-23)26-24(29)14-13-21-25(30)28(16-15-19-8-3-2-4-9-19)22-11-6-5-10-20(22)27-21/h2-12,17-18H,13-16H2,1H3,(H,26,29)/t18-/m1/s1. The summed E-state index contributed by atoms with van der Waals surface area (Å²) in [6.07, 6.45) is 1.31. The number of nitrogens with one attached hydrogen (secondary N) is 1. The molecule has 0 radical (unpaired) electrons. The Balaban J connectivity index is 1.51. The minimum Gasteiger partial charge on any atom is -0.349 e. The first kappa shape index (κ1) is 21.0. The number of amides is 1. The summed E-state index contributed by atoms with van der Waals surface area (Å²) in [5.74, 6) is -0.0777. The van der Waals surface area contributed by atoms with E-state index in [-0.39, 0.29) is 23.9 Å². The van der Waals surface area contributed by atoms with Crippen molar-refractivity contribution in [1.29, 1.82) is 0 Å². The van der Waals surface area contributed by atoms with Gasteiger partial charge < -0.3 is 9.88 Å². The smallest absolute Gasteiger partial charge is 0.272 e. The highest BCUT2D eigenvalue weighted by Gasteiger charge is 2.14. The van der Waals surface area contributed by atoms with Gasteiger partial charge in [0, 0.05) is 24.3 Å². The molecule has 0 fully saturated rings. The zero-order chi connectivity index (χ0) is 21.6. The van der Waals surface area contributed by atoms with Crippen molar-refractivity contribution in [3.8, 4) is 0 Å². The van der Waals surface area contributed by atoms with Crippen LogP contribution in [0.15, 0.2) is 76.9 Å². The predicted octanol–water partition coefficient (Wildman–Crippen LogP) is 4.51. The minimum atomic E-state index is -0.117. The summed E-state index contributed by atoms with van der Waals surface area (Å²) in [6, 6.07) is 21.7. The van der Waals surface area contributed by atoms with E-state index in [2.05, 4.69) is 22.4 Å². The number of fused-ring (bicyclic) bond motifs is 1. The Labute approximate surface area is 185 Å². The van der Waals surface area contributed by atoms with Crippen molar-refractivity contribution in [2.75, 3.05) is 0 Å². The number of thiophene rings is 1. The number of aromatic nitrogens is 2. The van der Waals surface area contributed by atoms with E-state index in [1.807, 2.05) is 66.9 Å². The lowest BCUT2D eigenvalue weighted by Gasteiger charge is -2.14. The summed E-state index contributed by atoms with van der Waals surface area (Å²) in [5.41, 5.74) is 3.10. The monoisotopic (exact) mass is 431 g/mol. The maximum absolute atomic E-state index is 13.2. The van der Waals surface area contributed by atoms with Gasteiger partial charge in [-0.3, -0.25) is 9.59 Å². The second-order valence-corrected chi connectivity index (χ2v) is 8.52. The molecule has 0 saturated heterocycles. The lowest BCUT2D eigenvalue weighted by atomic mass is 10.1. The van der Waals surface area contributed by atoms with E-state index in [0.29, 0.717) is 18.7 Å². The third-order valence-electron chi connectivity index (χ3n) is 5.32. The largest absolute Gasteiger partial charge is 0.349 e. The van der Waals surface area contributed by atoms with E-state index < -0.39 is 0 Å². The summed E-state index contributed by atoms with van der Waals surface area (Å²) >= 11 is 1.62. The third kappa shape index (κ3) is 5.09. The van der Waals surface area contributed by atoms with E-state index in [0.717, 1.165) is 22.3 Å². The van der Waals surface area contributed by atoms with Crippen LogP contribution >= 0.6 is 11.3 Å². The molecule has 0 unspecified atom stereocenters. The van der Waals surface area contributed by atoms with E-state index >= 15 is 0 Å². The van der Waals surface area contributed by atoms with Gasteiger partial charge in [0.05, 0.1) is 17.1 Å². The molecule has 158 valence electrons. The molecule has 0 spiro atoms. The van der Waals surface area contributed by atoms with Crippen LogP contribution in [0.3, 0.4) is 0 Å². The number of carbonyl (C=O) groups is 1. The van der Waals surface area contributed by atoms with Crippen LogP contribution in [-0.2, 0) is 24.2 Å². The Kier molecular flexibility index (Phi) is 6.57. The van der Waals surface area contributed by atoms with Crippen LogP contribution < -0.4 is 10.9 Å². The zero-order valence-electron chi connectivity index (χ0n) is 17.5. The lowest BCUT2D eigenvalue weighted by Crippen LogP contribution is -2.29. The number of para-hydroxylation sites is 2. The van der Waals surface area contributed by atoms with E-state index in [1.165, 1.54) is 5.56 Å². The number of benzene rings is 2. The second-order valence-electron chi connectivity index (χ2n) is 7.54. The molecule has 6 heteroatoms. The first-order valence-corrected chi connectivity index (χ1v) is 11.3. The molecular weight excluding hydrogens is 406 g/mol. The molecule has 4 rings (SSSR count). The molecule has 0 aliphatic heterocycles.